The fourth-order valence-corrected chi connectivity index (χ4v) is 3.53. The van der Waals surface area contributed by atoms with Crippen molar-refractivity contribution in [2.75, 3.05) is 5.32 Å². The van der Waals surface area contributed by atoms with E-state index < -0.39 is 5.82 Å². The van der Waals surface area contributed by atoms with Gasteiger partial charge in [-0.15, -0.1) is 0 Å². The molecule has 0 bridgehead atoms. The number of halogens is 1. The number of para-hydroxylation sites is 2. The highest BCUT2D eigenvalue weighted by Crippen LogP contribution is 2.27. The molecule has 0 aliphatic rings. The lowest BCUT2D eigenvalue weighted by Crippen LogP contribution is -2.14. The predicted molar refractivity (Wildman–Crippen MR) is 104 cm³/mol. The number of benzene rings is 3. The summed E-state index contributed by atoms with van der Waals surface area (Å²) in [7, 11) is 0. The number of nitrogens with zero attached hydrogens (tertiary/aromatic N) is 1. The predicted octanol–water partition coefficient (Wildman–Crippen LogP) is 5.51. The van der Waals surface area contributed by atoms with Gasteiger partial charge in [0, 0.05) is 17.0 Å². The van der Waals surface area contributed by atoms with E-state index in [0.29, 0.717) is 22.2 Å². The lowest BCUT2D eigenvalue weighted by atomic mass is 10.1. The summed E-state index contributed by atoms with van der Waals surface area (Å²) in [5.74, 6) is -0.151. The number of hydrogen-bond donors (Lipinski definition) is 1. The Morgan fingerprint density at radius 3 is 2.70 bits per heavy atom. The summed E-state index contributed by atoms with van der Waals surface area (Å²) in [4.78, 5) is 17.1. The molecule has 0 fully saturated rings. The van der Waals surface area contributed by atoms with E-state index in [4.69, 9.17) is 4.42 Å². The van der Waals surface area contributed by atoms with Crippen molar-refractivity contribution < 1.29 is 13.6 Å². The number of carbonyl (C=O) groups excluding carboxylic acids is 1. The van der Waals surface area contributed by atoms with Crippen LogP contribution in [0.15, 0.2) is 82.4 Å². The molecule has 0 saturated carbocycles. The van der Waals surface area contributed by atoms with Crippen molar-refractivity contribution in [2.24, 2.45) is 0 Å². The fraction of sp³-hybridized carbons (Fsp3) is 0.0476. The first-order valence-electron chi connectivity index (χ1n) is 8.32. The molecule has 4 nitrogen and oxygen atoms in total. The molecule has 4 rings (SSSR count). The van der Waals surface area contributed by atoms with Crippen LogP contribution >= 0.6 is 11.8 Å². The van der Waals surface area contributed by atoms with Gasteiger partial charge in [-0.1, -0.05) is 48.2 Å². The van der Waals surface area contributed by atoms with Gasteiger partial charge in [0.05, 0.1) is 0 Å². The van der Waals surface area contributed by atoms with Crippen LogP contribution in [-0.4, -0.2) is 10.9 Å². The first-order valence-corrected chi connectivity index (χ1v) is 9.31. The summed E-state index contributed by atoms with van der Waals surface area (Å²) in [5.41, 5.74) is 3.33. The van der Waals surface area contributed by atoms with Gasteiger partial charge in [-0.2, -0.15) is 0 Å². The van der Waals surface area contributed by atoms with E-state index in [2.05, 4.69) is 10.3 Å². The summed E-state index contributed by atoms with van der Waals surface area (Å²) in [5, 5.41) is 3.28. The van der Waals surface area contributed by atoms with Crippen molar-refractivity contribution in [3.8, 4) is 0 Å². The normalized spacial score (nSPS) is 10.9. The Kier molecular flexibility index (Phi) is 4.89. The molecule has 0 unspecified atom stereocenters. The number of aromatic nitrogens is 1. The summed E-state index contributed by atoms with van der Waals surface area (Å²) >= 11 is 1.42. The van der Waals surface area contributed by atoms with Gasteiger partial charge >= 0.3 is 0 Å². The molecule has 1 heterocycles. The lowest BCUT2D eigenvalue weighted by Gasteiger charge is -2.09. The zero-order valence-corrected chi connectivity index (χ0v) is 15.0. The van der Waals surface area contributed by atoms with E-state index >= 15 is 0 Å². The highest BCUT2D eigenvalue weighted by molar-refractivity contribution is 7.98. The molecule has 1 aromatic heterocycles. The molecule has 0 radical (unpaired) electrons. The first kappa shape index (κ1) is 17.3. The summed E-state index contributed by atoms with van der Waals surface area (Å²) in [6.07, 6.45) is 0. The minimum absolute atomic E-state index is 0.283. The van der Waals surface area contributed by atoms with Crippen LogP contribution in [0.5, 0.6) is 0 Å². The molecule has 0 atom stereocenters. The Morgan fingerprint density at radius 2 is 1.85 bits per heavy atom. The van der Waals surface area contributed by atoms with Gasteiger partial charge in [0.2, 0.25) is 0 Å². The van der Waals surface area contributed by atoms with Crippen LogP contribution < -0.4 is 5.32 Å². The molecule has 1 amide bonds. The first-order chi connectivity index (χ1) is 13.2. The van der Waals surface area contributed by atoms with Crippen molar-refractivity contribution in [2.45, 2.75) is 11.0 Å². The average Bonchev–Trinajstić information content (AvgIpc) is 3.09. The Morgan fingerprint density at radius 1 is 1.04 bits per heavy atom. The van der Waals surface area contributed by atoms with E-state index in [-0.39, 0.29) is 5.91 Å². The van der Waals surface area contributed by atoms with Gasteiger partial charge in [-0.25, -0.2) is 9.37 Å². The van der Waals surface area contributed by atoms with Crippen LogP contribution in [0, 0.1) is 5.82 Å². The molecule has 0 aliphatic carbocycles. The van der Waals surface area contributed by atoms with Gasteiger partial charge in [-0.05, 0) is 42.0 Å². The summed E-state index contributed by atoms with van der Waals surface area (Å²) < 4.78 is 19.0. The molecular formula is C21H15FN2O2S. The number of hydrogen-bond acceptors (Lipinski definition) is 4. The van der Waals surface area contributed by atoms with E-state index in [1.54, 1.807) is 24.3 Å². The monoisotopic (exact) mass is 378 g/mol. The third-order valence-corrected chi connectivity index (χ3v) is 4.85. The quantitative estimate of drug-likeness (QED) is 0.465. The molecule has 0 spiro atoms. The minimum Gasteiger partial charge on any atom is -0.431 e. The smallest absolute Gasteiger partial charge is 0.257 e. The standard InChI is InChI=1S/C21H15FN2O2S/c22-15-7-5-8-16(12-15)23-20(25)17-9-2-1-6-14(17)13-27-21-24-18-10-3-4-11-19(18)26-21/h1-12H,13H2,(H,23,25). The second kappa shape index (κ2) is 7.63. The van der Waals surface area contributed by atoms with Gasteiger partial charge in [0.15, 0.2) is 5.58 Å². The van der Waals surface area contributed by atoms with E-state index in [9.17, 15) is 9.18 Å². The zero-order valence-electron chi connectivity index (χ0n) is 14.2. The molecule has 0 saturated heterocycles. The number of fused-ring (bicyclic) bond motifs is 1. The number of amides is 1. The van der Waals surface area contributed by atoms with Crippen molar-refractivity contribution >= 4 is 34.5 Å². The van der Waals surface area contributed by atoms with Crippen molar-refractivity contribution in [3.05, 3.63) is 89.7 Å². The van der Waals surface area contributed by atoms with Gasteiger partial charge in [0.25, 0.3) is 11.1 Å². The average molecular weight is 378 g/mol. The molecule has 27 heavy (non-hydrogen) atoms. The topological polar surface area (TPSA) is 55.1 Å². The molecule has 6 heteroatoms. The maximum Gasteiger partial charge on any atom is 0.257 e. The van der Waals surface area contributed by atoms with Crippen LogP contribution in [0.25, 0.3) is 11.1 Å². The van der Waals surface area contributed by atoms with Crippen LogP contribution in [0.3, 0.4) is 0 Å². The minimum atomic E-state index is -0.396. The van der Waals surface area contributed by atoms with Crippen molar-refractivity contribution in [1.29, 1.82) is 0 Å². The van der Waals surface area contributed by atoms with E-state index in [0.717, 1.165) is 16.7 Å². The zero-order chi connectivity index (χ0) is 18.6. The molecule has 0 aliphatic heterocycles. The second-order valence-corrected chi connectivity index (χ2v) is 6.78. The highest BCUT2D eigenvalue weighted by atomic mass is 32.2. The molecule has 1 N–H and O–H groups in total. The van der Waals surface area contributed by atoms with Gasteiger partial charge in [-0.3, -0.25) is 4.79 Å². The third kappa shape index (κ3) is 4.01. The van der Waals surface area contributed by atoms with Crippen molar-refractivity contribution in [1.82, 2.24) is 4.98 Å². The highest BCUT2D eigenvalue weighted by Gasteiger charge is 2.13. The van der Waals surface area contributed by atoms with Crippen LogP contribution in [0.1, 0.15) is 15.9 Å². The molecule has 3 aromatic carbocycles. The number of rotatable bonds is 5. The second-order valence-electron chi connectivity index (χ2n) is 5.86. The number of anilines is 1. The van der Waals surface area contributed by atoms with Crippen LogP contribution in [0.4, 0.5) is 10.1 Å². The number of oxazole rings is 1. The van der Waals surface area contributed by atoms with Crippen LogP contribution in [0.2, 0.25) is 0 Å². The third-order valence-electron chi connectivity index (χ3n) is 3.97. The van der Waals surface area contributed by atoms with Gasteiger partial charge in [0.1, 0.15) is 11.3 Å². The summed E-state index contributed by atoms with van der Waals surface area (Å²) in [6, 6.07) is 20.7. The summed E-state index contributed by atoms with van der Waals surface area (Å²) in [6.45, 7) is 0. The fourth-order valence-electron chi connectivity index (χ4n) is 2.68. The van der Waals surface area contributed by atoms with Gasteiger partial charge < -0.3 is 9.73 Å². The SMILES string of the molecule is O=C(Nc1cccc(F)c1)c1ccccc1CSc1nc2ccccc2o1. The molecule has 134 valence electrons. The Labute approximate surface area is 159 Å². The Balaban J connectivity index is 1.51. The number of nitrogens with one attached hydrogen (secondary N) is 1. The van der Waals surface area contributed by atoms with Crippen molar-refractivity contribution in [3.63, 3.8) is 0 Å². The van der Waals surface area contributed by atoms with E-state index in [1.165, 1.54) is 23.9 Å². The maximum absolute atomic E-state index is 13.3. The Hall–Kier alpha value is -3.12. The lowest BCUT2D eigenvalue weighted by molar-refractivity contribution is 0.102. The van der Waals surface area contributed by atoms with Crippen LogP contribution in [-0.2, 0) is 5.75 Å². The maximum atomic E-state index is 13.3. The number of carbonyl (C=O) groups is 1. The largest absolute Gasteiger partial charge is 0.431 e. The molecule has 4 aromatic rings. The Bertz CT molecular complexity index is 1080. The number of thioether (sulfide) groups is 1. The molecular weight excluding hydrogens is 363 g/mol. The van der Waals surface area contributed by atoms with E-state index in [1.807, 2.05) is 36.4 Å².